The summed E-state index contributed by atoms with van der Waals surface area (Å²) in [7, 11) is 0. The molecule has 0 bridgehead atoms. The van der Waals surface area contributed by atoms with Gasteiger partial charge in [0.05, 0.1) is 23.7 Å². The van der Waals surface area contributed by atoms with Crippen molar-refractivity contribution in [2.45, 2.75) is 38.8 Å². The highest BCUT2D eigenvalue weighted by atomic mass is 16.3. The predicted molar refractivity (Wildman–Crippen MR) is 73.9 cm³/mol. The van der Waals surface area contributed by atoms with Crippen molar-refractivity contribution in [3.05, 3.63) is 24.0 Å². The van der Waals surface area contributed by atoms with E-state index in [0.29, 0.717) is 18.7 Å². The number of piperazine rings is 1. The summed E-state index contributed by atoms with van der Waals surface area (Å²) in [4.78, 5) is 18.2. The van der Waals surface area contributed by atoms with Crippen LogP contribution in [-0.4, -0.2) is 35.1 Å². The van der Waals surface area contributed by atoms with Crippen LogP contribution in [0.2, 0.25) is 0 Å². The van der Waals surface area contributed by atoms with E-state index in [4.69, 9.17) is 0 Å². The smallest absolute Gasteiger partial charge is 0.242 e. The third-order valence-electron chi connectivity index (χ3n) is 3.55. The fraction of sp³-hybridized carbons (Fsp3) is 0.571. The highest BCUT2D eigenvalue weighted by Crippen LogP contribution is 2.22. The number of amides is 1. The maximum absolute atomic E-state index is 11.8. The topological polar surface area (TPSA) is 65.5 Å². The highest BCUT2D eigenvalue weighted by Gasteiger charge is 2.28. The van der Waals surface area contributed by atoms with Gasteiger partial charge in [-0.25, -0.2) is 0 Å². The fourth-order valence-corrected chi connectivity index (χ4v) is 2.40. The first kappa shape index (κ1) is 13.8. The number of carbonyl (C=O) groups excluding carboxylic acids is 1. The molecular weight excluding hydrogens is 242 g/mol. The number of aliphatic hydroxyl groups excluding tert-OH is 1. The molecule has 2 atom stereocenters. The molecule has 0 radical (unpaired) electrons. The Morgan fingerprint density at radius 2 is 2.32 bits per heavy atom. The average molecular weight is 263 g/mol. The van der Waals surface area contributed by atoms with Gasteiger partial charge in [-0.3, -0.25) is 9.78 Å². The van der Waals surface area contributed by atoms with Crippen LogP contribution in [0.15, 0.2) is 18.3 Å². The van der Waals surface area contributed by atoms with Gasteiger partial charge in [-0.2, -0.15) is 0 Å². The van der Waals surface area contributed by atoms with Crippen molar-refractivity contribution in [1.82, 2.24) is 10.3 Å². The monoisotopic (exact) mass is 263 g/mol. The largest absolute Gasteiger partial charge is 0.387 e. The van der Waals surface area contributed by atoms with E-state index in [0.717, 1.165) is 18.7 Å². The second-order valence-corrected chi connectivity index (χ2v) is 4.77. The summed E-state index contributed by atoms with van der Waals surface area (Å²) in [5, 5.41) is 12.6. The molecule has 0 aromatic carbocycles. The van der Waals surface area contributed by atoms with Crippen LogP contribution in [0, 0.1) is 0 Å². The van der Waals surface area contributed by atoms with Gasteiger partial charge in [-0.05, 0) is 25.0 Å². The van der Waals surface area contributed by atoms with Crippen LogP contribution in [0.1, 0.15) is 38.5 Å². The number of aliphatic hydroxyl groups is 1. The van der Waals surface area contributed by atoms with Crippen molar-refractivity contribution >= 4 is 11.6 Å². The summed E-state index contributed by atoms with van der Waals surface area (Å²) in [6, 6.07) is 3.64. The van der Waals surface area contributed by atoms with Crippen molar-refractivity contribution in [2.75, 3.05) is 18.0 Å². The molecule has 1 aromatic rings. The minimum atomic E-state index is -0.513. The van der Waals surface area contributed by atoms with E-state index in [1.54, 1.807) is 6.20 Å². The molecule has 1 fully saturated rings. The highest BCUT2D eigenvalue weighted by molar-refractivity contribution is 5.86. The van der Waals surface area contributed by atoms with Crippen molar-refractivity contribution in [3.63, 3.8) is 0 Å². The predicted octanol–water partition coefficient (Wildman–Crippen LogP) is 1.24. The van der Waals surface area contributed by atoms with Crippen LogP contribution in [0.25, 0.3) is 0 Å². The molecule has 19 heavy (non-hydrogen) atoms. The quantitative estimate of drug-likeness (QED) is 0.858. The Kier molecular flexibility index (Phi) is 4.37. The molecule has 0 saturated carbocycles. The Morgan fingerprint density at radius 1 is 1.53 bits per heavy atom. The van der Waals surface area contributed by atoms with Gasteiger partial charge in [0.25, 0.3) is 0 Å². The van der Waals surface area contributed by atoms with E-state index in [1.165, 1.54) is 0 Å². The van der Waals surface area contributed by atoms with Crippen LogP contribution in [0.5, 0.6) is 0 Å². The Labute approximate surface area is 113 Å². The van der Waals surface area contributed by atoms with Crippen molar-refractivity contribution < 1.29 is 9.90 Å². The Morgan fingerprint density at radius 3 is 2.89 bits per heavy atom. The van der Waals surface area contributed by atoms with E-state index in [9.17, 15) is 9.90 Å². The van der Waals surface area contributed by atoms with Crippen LogP contribution in [-0.2, 0) is 4.79 Å². The molecule has 1 aliphatic rings. The molecule has 1 amide bonds. The minimum absolute atomic E-state index is 0.0754. The number of anilines is 1. The third-order valence-corrected chi connectivity index (χ3v) is 3.55. The lowest BCUT2D eigenvalue weighted by molar-refractivity contribution is -0.123. The number of hydrogen-bond donors (Lipinski definition) is 2. The Balaban J connectivity index is 2.18. The number of nitrogens with zero attached hydrogens (tertiary/aromatic N) is 2. The molecule has 0 spiro atoms. The lowest BCUT2D eigenvalue weighted by Gasteiger charge is -2.36. The average Bonchev–Trinajstić information content (AvgIpc) is 2.46. The molecule has 2 heterocycles. The van der Waals surface area contributed by atoms with Crippen LogP contribution < -0.4 is 10.2 Å². The van der Waals surface area contributed by atoms with Crippen LogP contribution in [0.4, 0.5) is 5.69 Å². The summed E-state index contributed by atoms with van der Waals surface area (Å²) in [6.07, 6.45) is 2.65. The number of rotatable bonds is 4. The van der Waals surface area contributed by atoms with E-state index < -0.39 is 6.10 Å². The standard InChI is InChI=1S/C14H21N3O2/c1-3-12-14(19)15-7-8-17(12)10-5-6-11(16-9-10)13(18)4-2/h5-6,9,12-13,18H,3-4,7-8H2,1-2H3,(H,15,19). The Bertz CT molecular complexity index is 433. The van der Waals surface area contributed by atoms with E-state index in [2.05, 4.69) is 15.2 Å². The third kappa shape index (κ3) is 2.87. The molecule has 1 saturated heterocycles. The van der Waals surface area contributed by atoms with Gasteiger partial charge in [-0.1, -0.05) is 13.8 Å². The number of hydrogen-bond acceptors (Lipinski definition) is 4. The molecule has 5 heteroatoms. The molecule has 2 N–H and O–H groups in total. The number of pyridine rings is 1. The van der Waals surface area contributed by atoms with Gasteiger partial charge >= 0.3 is 0 Å². The van der Waals surface area contributed by atoms with Gasteiger partial charge in [0.15, 0.2) is 0 Å². The van der Waals surface area contributed by atoms with E-state index in [1.807, 2.05) is 26.0 Å². The lowest BCUT2D eigenvalue weighted by atomic mass is 10.1. The van der Waals surface area contributed by atoms with Gasteiger partial charge in [0, 0.05) is 13.1 Å². The first-order chi connectivity index (χ1) is 9.17. The van der Waals surface area contributed by atoms with E-state index >= 15 is 0 Å². The maximum Gasteiger partial charge on any atom is 0.242 e. The summed E-state index contributed by atoms with van der Waals surface area (Å²) in [6.45, 7) is 5.38. The van der Waals surface area contributed by atoms with Gasteiger partial charge in [0.1, 0.15) is 6.04 Å². The zero-order chi connectivity index (χ0) is 13.8. The van der Waals surface area contributed by atoms with Gasteiger partial charge in [-0.15, -0.1) is 0 Å². The molecule has 1 aromatic heterocycles. The van der Waals surface area contributed by atoms with E-state index in [-0.39, 0.29) is 11.9 Å². The molecular formula is C14H21N3O2. The zero-order valence-electron chi connectivity index (χ0n) is 11.5. The molecule has 104 valence electrons. The summed E-state index contributed by atoms with van der Waals surface area (Å²) >= 11 is 0. The Hall–Kier alpha value is -1.62. The molecule has 2 rings (SSSR count). The van der Waals surface area contributed by atoms with Crippen LogP contribution >= 0.6 is 0 Å². The molecule has 1 aliphatic heterocycles. The number of carbonyl (C=O) groups is 1. The first-order valence-electron chi connectivity index (χ1n) is 6.85. The van der Waals surface area contributed by atoms with Gasteiger partial charge < -0.3 is 15.3 Å². The van der Waals surface area contributed by atoms with Crippen LogP contribution in [0.3, 0.4) is 0 Å². The second-order valence-electron chi connectivity index (χ2n) is 4.77. The van der Waals surface area contributed by atoms with Gasteiger partial charge in [0.2, 0.25) is 5.91 Å². The molecule has 0 aliphatic carbocycles. The molecule has 2 unspecified atom stereocenters. The zero-order valence-corrected chi connectivity index (χ0v) is 11.5. The first-order valence-corrected chi connectivity index (χ1v) is 6.85. The number of nitrogens with one attached hydrogen (secondary N) is 1. The molecule has 5 nitrogen and oxygen atoms in total. The van der Waals surface area contributed by atoms with Crippen molar-refractivity contribution in [3.8, 4) is 0 Å². The fourth-order valence-electron chi connectivity index (χ4n) is 2.40. The summed E-state index contributed by atoms with van der Waals surface area (Å²) in [5.41, 5.74) is 1.62. The lowest BCUT2D eigenvalue weighted by Crippen LogP contribution is -2.55. The van der Waals surface area contributed by atoms with Crippen molar-refractivity contribution in [1.29, 1.82) is 0 Å². The normalized spacial score (nSPS) is 21.1. The second kappa shape index (κ2) is 6.02. The number of aromatic nitrogens is 1. The van der Waals surface area contributed by atoms with Crippen molar-refractivity contribution in [2.24, 2.45) is 0 Å². The SMILES string of the molecule is CCC(O)c1ccc(N2CCNC(=O)C2CC)cn1. The maximum atomic E-state index is 11.8. The summed E-state index contributed by atoms with van der Waals surface area (Å²) in [5.74, 6) is 0.0754. The minimum Gasteiger partial charge on any atom is -0.387 e. The summed E-state index contributed by atoms with van der Waals surface area (Å²) < 4.78 is 0.